The third-order valence-electron chi connectivity index (χ3n) is 7.16. The molecule has 3 atom stereocenters. The van der Waals surface area contributed by atoms with Gasteiger partial charge in [0.05, 0.1) is 10.9 Å². The maximum absolute atomic E-state index is 13.7. The number of carbonyl (C=O) groups is 1. The molecule has 2 heterocycles. The highest BCUT2D eigenvalue weighted by Gasteiger charge is 2.46. The van der Waals surface area contributed by atoms with Gasteiger partial charge >= 0.3 is 6.09 Å². The minimum absolute atomic E-state index is 0.0281. The Balaban J connectivity index is 1.46. The number of amides is 1. The molecule has 0 spiro atoms. The summed E-state index contributed by atoms with van der Waals surface area (Å²) in [5.41, 5.74) is 0. The van der Waals surface area contributed by atoms with E-state index in [0.29, 0.717) is 23.9 Å². The van der Waals surface area contributed by atoms with Gasteiger partial charge < -0.3 is 9.64 Å². The van der Waals surface area contributed by atoms with Crippen molar-refractivity contribution in [3.05, 3.63) is 29.3 Å². The van der Waals surface area contributed by atoms with E-state index in [1.807, 2.05) is 6.92 Å². The lowest BCUT2D eigenvalue weighted by atomic mass is 9.96. The molecule has 9 heteroatoms. The number of hydrogen-bond acceptors (Lipinski definition) is 5. The zero-order valence-electron chi connectivity index (χ0n) is 19.7. The van der Waals surface area contributed by atoms with E-state index in [1.54, 1.807) is 33.5 Å². The maximum atomic E-state index is 13.7. The van der Waals surface area contributed by atoms with Gasteiger partial charge in [-0.1, -0.05) is 24.9 Å². The third-order valence-corrected chi connectivity index (χ3v) is 9.41. The van der Waals surface area contributed by atoms with Gasteiger partial charge in [-0.25, -0.2) is 13.2 Å². The van der Waals surface area contributed by atoms with Crippen LogP contribution in [0, 0.1) is 5.92 Å². The van der Waals surface area contributed by atoms with E-state index in [4.69, 9.17) is 16.3 Å². The summed E-state index contributed by atoms with van der Waals surface area (Å²) in [6.07, 6.45) is 5.38. The Morgan fingerprint density at radius 1 is 1.12 bits per heavy atom. The summed E-state index contributed by atoms with van der Waals surface area (Å²) in [5.74, 6) is 0.400. The highest BCUT2D eigenvalue weighted by molar-refractivity contribution is 7.89. The highest BCUT2D eigenvalue weighted by atomic mass is 35.5. The summed E-state index contributed by atoms with van der Waals surface area (Å²) in [5, 5.41) is 0.505. The van der Waals surface area contributed by atoms with Crippen molar-refractivity contribution in [2.45, 2.75) is 75.4 Å². The Kier molecular flexibility index (Phi) is 7.88. The molecule has 1 aromatic rings. The van der Waals surface area contributed by atoms with Crippen molar-refractivity contribution in [1.82, 2.24) is 14.1 Å². The molecule has 2 aliphatic heterocycles. The van der Waals surface area contributed by atoms with Crippen molar-refractivity contribution in [1.29, 1.82) is 0 Å². The van der Waals surface area contributed by atoms with Gasteiger partial charge in [-0.3, -0.25) is 4.90 Å². The van der Waals surface area contributed by atoms with Crippen LogP contribution in [-0.4, -0.2) is 79.5 Å². The number of benzene rings is 1. The van der Waals surface area contributed by atoms with Crippen LogP contribution in [0.3, 0.4) is 0 Å². The maximum Gasteiger partial charge on any atom is 0.410 e. The number of nitrogens with zero attached hydrogens (tertiary/aromatic N) is 3. The van der Waals surface area contributed by atoms with Crippen molar-refractivity contribution in [3.63, 3.8) is 0 Å². The highest BCUT2D eigenvalue weighted by Crippen LogP contribution is 2.43. The van der Waals surface area contributed by atoms with Gasteiger partial charge in [0.15, 0.2) is 0 Å². The van der Waals surface area contributed by atoms with Gasteiger partial charge in [0.1, 0.15) is 6.61 Å². The molecule has 4 rings (SSSR count). The van der Waals surface area contributed by atoms with Gasteiger partial charge in [0.25, 0.3) is 0 Å². The van der Waals surface area contributed by atoms with Crippen LogP contribution < -0.4 is 0 Å². The Morgan fingerprint density at radius 3 is 2.48 bits per heavy atom. The molecule has 0 bridgehead atoms. The van der Waals surface area contributed by atoms with Crippen molar-refractivity contribution in [2.75, 3.05) is 32.8 Å². The van der Waals surface area contributed by atoms with Crippen LogP contribution in [0.25, 0.3) is 0 Å². The smallest absolute Gasteiger partial charge is 0.410 e. The molecular weight excluding hydrogens is 462 g/mol. The molecular formula is C24H36ClN3O4S. The van der Waals surface area contributed by atoms with Gasteiger partial charge in [0.2, 0.25) is 10.0 Å². The first-order valence-electron chi connectivity index (χ1n) is 12.3. The van der Waals surface area contributed by atoms with E-state index in [0.717, 1.165) is 51.7 Å². The van der Waals surface area contributed by atoms with E-state index in [2.05, 4.69) is 11.8 Å². The van der Waals surface area contributed by atoms with Gasteiger partial charge in [-0.2, -0.15) is 4.31 Å². The second-order valence-electron chi connectivity index (χ2n) is 9.70. The standard InChI is InChI=1S/C24H36ClN3O4S/c1-3-13-26-14-15-27(18(2)16-26)24(29)32-17-21-5-4-6-23(19-7-8-19)28(21)33(30,31)22-11-9-20(25)10-12-22/h9-12,18-19,21,23H,3-8,13-17H2,1-2H3/t18?,21-,23+/m1/s1. The summed E-state index contributed by atoms with van der Waals surface area (Å²) >= 11 is 5.99. The average molecular weight is 498 g/mol. The fraction of sp³-hybridized carbons (Fsp3) is 0.708. The number of piperidine rings is 1. The van der Waals surface area contributed by atoms with Crippen LogP contribution >= 0.6 is 11.6 Å². The second-order valence-corrected chi connectivity index (χ2v) is 12.0. The van der Waals surface area contributed by atoms with E-state index in [-0.39, 0.29) is 35.7 Å². The predicted molar refractivity (Wildman–Crippen MR) is 129 cm³/mol. The lowest BCUT2D eigenvalue weighted by molar-refractivity contribution is 0.0311. The average Bonchev–Trinajstić information content (AvgIpc) is 3.63. The largest absolute Gasteiger partial charge is 0.448 e. The SMILES string of the molecule is CCCN1CCN(C(=O)OC[C@H]2CCC[C@@H](C3CC3)N2S(=O)(=O)c2ccc(Cl)cc2)C(C)C1. The summed E-state index contributed by atoms with van der Waals surface area (Å²) in [7, 11) is -3.72. The summed E-state index contributed by atoms with van der Waals surface area (Å²) in [6.45, 7) is 7.66. The van der Waals surface area contributed by atoms with Crippen LogP contribution in [0.15, 0.2) is 29.2 Å². The van der Waals surface area contributed by atoms with Crippen molar-refractivity contribution in [3.8, 4) is 0 Å². The first-order chi connectivity index (χ1) is 15.8. The number of piperazine rings is 1. The Hall–Kier alpha value is -1.35. The van der Waals surface area contributed by atoms with Crippen molar-refractivity contribution in [2.24, 2.45) is 5.92 Å². The summed E-state index contributed by atoms with van der Waals surface area (Å²) < 4.78 is 34.8. The van der Waals surface area contributed by atoms with Crippen molar-refractivity contribution < 1.29 is 17.9 Å². The zero-order chi connectivity index (χ0) is 23.6. The molecule has 0 aromatic heterocycles. The number of rotatable bonds is 7. The minimum atomic E-state index is -3.72. The summed E-state index contributed by atoms with van der Waals surface area (Å²) in [4.78, 5) is 17.3. The number of halogens is 1. The van der Waals surface area contributed by atoms with E-state index >= 15 is 0 Å². The Bertz CT molecular complexity index is 922. The molecule has 2 saturated heterocycles. The molecule has 3 aliphatic rings. The number of carbonyl (C=O) groups excluding carboxylic acids is 1. The number of ether oxygens (including phenoxy) is 1. The van der Waals surface area contributed by atoms with Crippen LogP contribution in [0.5, 0.6) is 0 Å². The molecule has 33 heavy (non-hydrogen) atoms. The molecule has 1 unspecified atom stereocenters. The first-order valence-corrected chi connectivity index (χ1v) is 14.1. The van der Waals surface area contributed by atoms with Crippen LogP contribution in [0.1, 0.15) is 52.4 Å². The molecule has 1 aliphatic carbocycles. The molecule has 1 aromatic carbocycles. The van der Waals surface area contributed by atoms with Gasteiger partial charge in [-0.15, -0.1) is 0 Å². The van der Waals surface area contributed by atoms with E-state index in [1.165, 1.54) is 0 Å². The Labute approximate surface area is 203 Å². The fourth-order valence-corrected chi connectivity index (χ4v) is 7.39. The zero-order valence-corrected chi connectivity index (χ0v) is 21.2. The molecule has 0 radical (unpaired) electrons. The van der Waals surface area contributed by atoms with Crippen LogP contribution in [0.2, 0.25) is 5.02 Å². The number of hydrogen-bond donors (Lipinski definition) is 0. The lowest BCUT2D eigenvalue weighted by Gasteiger charge is -2.42. The molecule has 3 fully saturated rings. The van der Waals surface area contributed by atoms with E-state index < -0.39 is 10.0 Å². The third kappa shape index (κ3) is 5.66. The number of sulfonamides is 1. The fourth-order valence-electron chi connectivity index (χ4n) is 5.35. The summed E-state index contributed by atoms with van der Waals surface area (Å²) in [6, 6.07) is 6.06. The first kappa shape index (κ1) is 24.8. The molecule has 184 valence electrons. The minimum Gasteiger partial charge on any atom is -0.448 e. The monoisotopic (exact) mass is 497 g/mol. The van der Waals surface area contributed by atoms with Gasteiger partial charge in [0, 0.05) is 36.7 Å². The molecule has 1 saturated carbocycles. The quantitative estimate of drug-likeness (QED) is 0.564. The van der Waals surface area contributed by atoms with Crippen LogP contribution in [-0.2, 0) is 14.8 Å². The predicted octanol–water partition coefficient (Wildman–Crippen LogP) is 4.21. The Morgan fingerprint density at radius 2 is 1.85 bits per heavy atom. The molecule has 0 N–H and O–H groups in total. The normalized spacial score (nSPS) is 27.5. The van der Waals surface area contributed by atoms with Gasteiger partial charge in [-0.05, 0) is 75.8 Å². The molecule has 7 nitrogen and oxygen atoms in total. The topological polar surface area (TPSA) is 70.2 Å². The molecule has 1 amide bonds. The van der Waals surface area contributed by atoms with Crippen LogP contribution in [0.4, 0.5) is 4.79 Å². The lowest BCUT2D eigenvalue weighted by Crippen LogP contribution is -2.55. The van der Waals surface area contributed by atoms with E-state index in [9.17, 15) is 13.2 Å². The second kappa shape index (κ2) is 10.5. The van der Waals surface area contributed by atoms with Crippen molar-refractivity contribution >= 4 is 27.7 Å².